The maximum absolute atomic E-state index is 12.4. The molecule has 1 aromatic heterocycles. The molecule has 0 radical (unpaired) electrons. The van der Waals surface area contributed by atoms with Gasteiger partial charge in [0.05, 0.1) is 0 Å². The van der Waals surface area contributed by atoms with Crippen LogP contribution >= 0.6 is 12.4 Å². The molecule has 0 spiro atoms. The number of halogens is 1. The van der Waals surface area contributed by atoms with E-state index in [0.717, 1.165) is 31.7 Å². The molecule has 2 fully saturated rings. The number of piperidine rings is 1. The minimum Gasteiger partial charge on any atom is -0.337 e. The van der Waals surface area contributed by atoms with Gasteiger partial charge in [0.2, 0.25) is 0 Å². The van der Waals surface area contributed by atoms with Crippen molar-refractivity contribution in [2.24, 2.45) is 5.92 Å². The van der Waals surface area contributed by atoms with Gasteiger partial charge >= 0.3 is 0 Å². The largest absolute Gasteiger partial charge is 0.337 e. The van der Waals surface area contributed by atoms with Crippen molar-refractivity contribution in [2.45, 2.75) is 31.6 Å². The monoisotopic (exact) mass is 298 g/mol. The van der Waals surface area contributed by atoms with Gasteiger partial charge in [-0.15, -0.1) is 12.4 Å². The lowest BCUT2D eigenvalue weighted by Gasteiger charge is -2.32. The van der Waals surface area contributed by atoms with E-state index in [4.69, 9.17) is 0 Å². The summed E-state index contributed by atoms with van der Waals surface area (Å²) in [6, 6.07) is 1.95. The Morgan fingerprint density at radius 3 is 3.00 bits per heavy atom. The summed E-state index contributed by atoms with van der Waals surface area (Å²) in [6.07, 6.45) is 4.75. The molecule has 3 rings (SSSR count). The van der Waals surface area contributed by atoms with Gasteiger partial charge in [0.25, 0.3) is 5.91 Å². The fourth-order valence-electron chi connectivity index (χ4n) is 2.92. The van der Waals surface area contributed by atoms with E-state index in [0.29, 0.717) is 17.5 Å². The van der Waals surface area contributed by atoms with Gasteiger partial charge in [-0.2, -0.15) is 5.10 Å². The standard InChI is InChI=1S/C14H22N4O.ClH/c1-15-8-10-3-2-6-18(9-10)14(19)13-7-12(16-17-13)11-4-5-11;/h7,10-11,15H,2-6,8-9H2,1H3,(H,16,17);1H. The fourth-order valence-corrected chi connectivity index (χ4v) is 2.92. The molecule has 1 amide bonds. The average Bonchev–Trinajstić information content (AvgIpc) is 3.17. The van der Waals surface area contributed by atoms with Gasteiger partial charge in [0.1, 0.15) is 5.69 Å². The maximum Gasteiger partial charge on any atom is 0.274 e. The van der Waals surface area contributed by atoms with Gasteiger partial charge in [-0.25, -0.2) is 0 Å². The third-order valence-corrected chi connectivity index (χ3v) is 4.13. The summed E-state index contributed by atoms with van der Waals surface area (Å²) < 4.78 is 0. The van der Waals surface area contributed by atoms with Crippen molar-refractivity contribution in [3.05, 3.63) is 17.5 Å². The van der Waals surface area contributed by atoms with Crippen molar-refractivity contribution in [3.63, 3.8) is 0 Å². The van der Waals surface area contributed by atoms with Crippen LogP contribution in [0.25, 0.3) is 0 Å². The smallest absolute Gasteiger partial charge is 0.274 e. The Kier molecular flexibility index (Phi) is 5.05. The number of nitrogens with zero attached hydrogens (tertiary/aromatic N) is 2. The molecule has 1 unspecified atom stereocenters. The highest BCUT2D eigenvalue weighted by Gasteiger charge is 2.29. The van der Waals surface area contributed by atoms with E-state index >= 15 is 0 Å². The highest BCUT2D eigenvalue weighted by molar-refractivity contribution is 5.92. The Labute approximate surface area is 125 Å². The zero-order valence-electron chi connectivity index (χ0n) is 11.9. The van der Waals surface area contributed by atoms with Crippen LogP contribution in [0.5, 0.6) is 0 Å². The van der Waals surface area contributed by atoms with Crippen LogP contribution in [0.3, 0.4) is 0 Å². The summed E-state index contributed by atoms with van der Waals surface area (Å²) in [4.78, 5) is 14.4. The molecule has 1 aliphatic carbocycles. The van der Waals surface area contributed by atoms with E-state index in [2.05, 4.69) is 15.5 Å². The van der Waals surface area contributed by atoms with Gasteiger partial charge < -0.3 is 10.2 Å². The lowest BCUT2D eigenvalue weighted by Crippen LogP contribution is -2.42. The summed E-state index contributed by atoms with van der Waals surface area (Å²) in [6.45, 7) is 2.70. The van der Waals surface area contributed by atoms with Crippen molar-refractivity contribution < 1.29 is 4.79 Å². The zero-order valence-corrected chi connectivity index (χ0v) is 12.7. The highest BCUT2D eigenvalue weighted by atomic mass is 35.5. The number of nitrogens with one attached hydrogen (secondary N) is 2. The minimum absolute atomic E-state index is 0. The van der Waals surface area contributed by atoms with Gasteiger partial charge in [0.15, 0.2) is 0 Å². The van der Waals surface area contributed by atoms with Gasteiger partial charge in [-0.1, -0.05) is 0 Å². The molecule has 2 aliphatic rings. The molecule has 112 valence electrons. The zero-order chi connectivity index (χ0) is 13.2. The molecule has 1 aliphatic heterocycles. The number of rotatable bonds is 4. The first-order chi connectivity index (χ1) is 9.28. The van der Waals surface area contributed by atoms with Crippen LogP contribution in [-0.2, 0) is 0 Å². The number of amides is 1. The van der Waals surface area contributed by atoms with Crippen molar-refractivity contribution in [2.75, 3.05) is 26.7 Å². The molecular formula is C14H23ClN4O. The topological polar surface area (TPSA) is 61.0 Å². The first-order valence-corrected chi connectivity index (χ1v) is 7.27. The molecule has 20 heavy (non-hydrogen) atoms. The summed E-state index contributed by atoms with van der Waals surface area (Å²) >= 11 is 0. The Morgan fingerprint density at radius 1 is 1.50 bits per heavy atom. The van der Waals surface area contributed by atoms with E-state index in [1.54, 1.807) is 0 Å². The second-order valence-electron chi connectivity index (χ2n) is 5.80. The van der Waals surface area contributed by atoms with Gasteiger partial charge in [0, 0.05) is 24.7 Å². The van der Waals surface area contributed by atoms with E-state index < -0.39 is 0 Å². The third kappa shape index (κ3) is 3.33. The maximum atomic E-state index is 12.4. The van der Waals surface area contributed by atoms with Crippen molar-refractivity contribution >= 4 is 18.3 Å². The molecule has 6 heteroatoms. The Morgan fingerprint density at radius 2 is 2.30 bits per heavy atom. The van der Waals surface area contributed by atoms with Crippen molar-refractivity contribution in [3.8, 4) is 0 Å². The fraction of sp³-hybridized carbons (Fsp3) is 0.714. The molecule has 2 N–H and O–H groups in total. The Balaban J connectivity index is 0.00000147. The molecular weight excluding hydrogens is 276 g/mol. The number of carbonyl (C=O) groups is 1. The van der Waals surface area contributed by atoms with Crippen LogP contribution in [0.15, 0.2) is 6.07 Å². The average molecular weight is 299 g/mol. The molecule has 0 bridgehead atoms. The van der Waals surface area contributed by atoms with E-state index in [1.165, 1.54) is 19.3 Å². The Hall–Kier alpha value is -1.07. The molecule has 1 saturated heterocycles. The SMILES string of the molecule is CNCC1CCCN(C(=O)c2cc(C3CC3)[nH]n2)C1.Cl. The molecule has 2 heterocycles. The summed E-state index contributed by atoms with van der Waals surface area (Å²) in [5.74, 6) is 1.28. The van der Waals surface area contributed by atoms with Gasteiger partial charge in [-0.3, -0.25) is 9.89 Å². The second kappa shape index (κ2) is 6.59. The molecule has 1 atom stereocenters. The van der Waals surface area contributed by atoms with Crippen LogP contribution in [0.2, 0.25) is 0 Å². The molecule has 1 saturated carbocycles. The number of H-pyrrole nitrogens is 1. The van der Waals surface area contributed by atoms with E-state index in [-0.39, 0.29) is 18.3 Å². The number of hydrogen-bond acceptors (Lipinski definition) is 3. The predicted octanol–water partition coefficient (Wildman–Crippen LogP) is 1.78. The summed E-state index contributed by atoms with van der Waals surface area (Å²) in [5, 5.41) is 10.4. The molecule has 0 aromatic carbocycles. The lowest BCUT2D eigenvalue weighted by molar-refractivity contribution is 0.0668. The van der Waals surface area contributed by atoms with Crippen LogP contribution < -0.4 is 5.32 Å². The van der Waals surface area contributed by atoms with Crippen LogP contribution in [-0.4, -0.2) is 47.7 Å². The quantitative estimate of drug-likeness (QED) is 0.891. The lowest BCUT2D eigenvalue weighted by atomic mass is 9.98. The van der Waals surface area contributed by atoms with Crippen molar-refractivity contribution in [1.29, 1.82) is 0 Å². The van der Waals surface area contributed by atoms with Gasteiger partial charge in [-0.05, 0) is 51.3 Å². The van der Waals surface area contributed by atoms with Crippen LogP contribution in [0.1, 0.15) is 47.8 Å². The van der Waals surface area contributed by atoms with Crippen molar-refractivity contribution in [1.82, 2.24) is 20.4 Å². The number of likely N-dealkylation sites (tertiary alicyclic amines) is 1. The number of carbonyl (C=O) groups excluding carboxylic acids is 1. The van der Waals surface area contributed by atoms with E-state index in [9.17, 15) is 4.79 Å². The summed E-state index contributed by atoms with van der Waals surface area (Å²) in [7, 11) is 1.97. The number of hydrogen-bond donors (Lipinski definition) is 2. The Bertz CT molecular complexity index is 456. The first kappa shape index (κ1) is 15.3. The number of aromatic nitrogens is 2. The second-order valence-corrected chi connectivity index (χ2v) is 5.80. The molecule has 5 nitrogen and oxygen atoms in total. The summed E-state index contributed by atoms with van der Waals surface area (Å²) in [5.41, 5.74) is 1.72. The highest BCUT2D eigenvalue weighted by Crippen LogP contribution is 2.39. The number of aromatic amines is 1. The van der Waals surface area contributed by atoms with Crippen LogP contribution in [0, 0.1) is 5.92 Å². The van der Waals surface area contributed by atoms with E-state index in [1.807, 2.05) is 18.0 Å². The molecule has 1 aromatic rings. The van der Waals surface area contributed by atoms with Crippen LogP contribution in [0.4, 0.5) is 0 Å². The predicted molar refractivity (Wildman–Crippen MR) is 80.4 cm³/mol. The normalized spacial score (nSPS) is 22.4. The first-order valence-electron chi connectivity index (χ1n) is 7.27. The third-order valence-electron chi connectivity index (χ3n) is 4.13. The minimum atomic E-state index is 0.